The highest BCUT2D eigenvalue weighted by Gasteiger charge is 2.03. The molecule has 0 unspecified atom stereocenters. The first-order chi connectivity index (χ1) is 6.86. The van der Waals surface area contributed by atoms with E-state index in [1.165, 1.54) is 0 Å². The van der Waals surface area contributed by atoms with Gasteiger partial charge in [-0.1, -0.05) is 30.3 Å². The standard InChI is InChI=1S/C12H8FN/c13-7-9-5-6-10(8-14)12-4-2-1-3-11(9)12/h1-6H,7H2. The van der Waals surface area contributed by atoms with Crippen LogP contribution in [0.5, 0.6) is 0 Å². The van der Waals surface area contributed by atoms with Gasteiger partial charge in [-0.3, -0.25) is 0 Å². The van der Waals surface area contributed by atoms with Crippen molar-refractivity contribution in [2.45, 2.75) is 6.67 Å². The number of fused-ring (bicyclic) bond motifs is 1. The fraction of sp³-hybridized carbons (Fsp3) is 0.0833. The monoisotopic (exact) mass is 185 g/mol. The van der Waals surface area contributed by atoms with Crippen LogP contribution in [0.4, 0.5) is 4.39 Å². The molecule has 0 aliphatic rings. The largest absolute Gasteiger partial charge is 0.246 e. The van der Waals surface area contributed by atoms with E-state index in [1.54, 1.807) is 12.1 Å². The highest BCUT2D eigenvalue weighted by molar-refractivity contribution is 5.90. The molecule has 0 radical (unpaired) electrons. The third kappa shape index (κ3) is 1.23. The third-order valence-corrected chi connectivity index (χ3v) is 2.28. The van der Waals surface area contributed by atoms with Crippen molar-refractivity contribution >= 4 is 10.8 Å². The second kappa shape index (κ2) is 3.47. The molecule has 0 aromatic heterocycles. The molecule has 0 aliphatic heterocycles. The Labute approximate surface area is 81.4 Å². The Bertz CT molecular complexity index is 511. The summed E-state index contributed by atoms with van der Waals surface area (Å²) in [5.41, 5.74) is 1.23. The summed E-state index contributed by atoms with van der Waals surface area (Å²) in [6.45, 7) is -0.494. The van der Waals surface area contributed by atoms with Crippen LogP contribution in [0.15, 0.2) is 36.4 Å². The summed E-state index contributed by atoms with van der Waals surface area (Å²) in [5, 5.41) is 10.5. The molecule has 0 bridgehead atoms. The Kier molecular flexibility index (Phi) is 2.16. The van der Waals surface area contributed by atoms with E-state index >= 15 is 0 Å². The minimum Gasteiger partial charge on any atom is -0.246 e. The number of nitrogens with zero attached hydrogens (tertiary/aromatic N) is 1. The molecule has 68 valence electrons. The molecule has 2 aromatic carbocycles. The van der Waals surface area contributed by atoms with E-state index in [0.29, 0.717) is 11.1 Å². The number of halogens is 1. The van der Waals surface area contributed by atoms with Gasteiger partial charge in [-0.2, -0.15) is 5.26 Å². The Morgan fingerprint density at radius 2 is 1.79 bits per heavy atom. The second-order valence-electron chi connectivity index (χ2n) is 3.06. The van der Waals surface area contributed by atoms with E-state index in [0.717, 1.165) is 10.8 Å². The fourth-order valence-corrected chi connectivity index (χ4v) is 1.58. The first-order valence-electron chi connectivity index (χ1n) is 4.33. The van der Waals surface area contributed by atoms with Crippen molar-refractivity contribution in [2.24, 2.45) is 0 Å². The van der Waals surface area contributed by atoms with Gasteiger partial charge in [0.1, 0.15) is 6.67 Å². The maximum atomic E-state index is 12.6. The van der Waals surface area contributed by atoms with E-state index < -0.39 is 6.67 Å². The lowest BCUT2D eigenvalue weighted by Crippen LogP contribution is -1.85. The van der Waals surface area contributed by atoms with E-state index in [4.69, 9.17) is 5.26 Å². The molecule has 0 saturated heterocycles. The van der Waals surface area contributed by atoms with Gasteiger partial charge >= 0.3 is 0 Å². The summed E-state index contributed by atoms with van der Waals surface area (Å²) < 4.78 is 12.6. The van der Waals surface area contributed by atoms with Crippen LogP contribution in [0, 0.1) is 11.3 Å². The number of rotatable bonds is 1. The number of alkyl halides is 1. The highest BCUT2D eigenvalue weighted by atomic mass is 19.1. The van der Waals surface area contributed by atoms with Crippen LogP contribution in [-0.2, 0) is 6.67 Å². The minimum absolute atomic E-state index is 0.494. The SMILES string of the molecule is N#Cc1ccc(CF)c2ccccc12. The van der Waals surface area contributed by atoms with Crippen LogP contribution in [0.2, 0.25) is 0 Å². The third-order valence-electron chi connectivity index (χ3n) is 2.28. The van der Waals surface area contributed by atoms with Crippen LogP contribution < -0.4 is 0 Å². The van der Waals surface area contributed by atoms with E-state index in [1.807, 2.05) is 24.3 Å². The van der Waals surface area contributed by atoms with Crippen molar-refractivity contribution in [3.8, 4) is 6.07 Å². The van der Waals surface area contributed by atoms with E-state index in [9.17, 15) is 4.39 Å². The summed E-state index contributed by atoms with van der Waals surface area (Å²) in [6, 6.07) is 12.8. The highest BCUT2D eigenvalue weighted by Crippen LogP contribution is 2.22. The average molecular weight is 185 g/mol. The first-order valence-corrected chi connectivity index (χ1v) is 4.33. The van der Waals surface area contributed by atoms with Crippen LogP contribution in [-0.4, -0.2) is 0 Å². The van der Waals surface area contributed by atoms with E-state index in [2.05, 4.69) is 6.07 Å². The zero-order valence-electron chi connectivity index (χ0n) is 7.50. The molecule has 0 saturated carbocycles. The molecule has 2 heteroatoms. The van der Waals surface area contributed by atoms with Gasteiger partial charge in [0, 0.05) is 0 Å². The smallest absolute Gasteiger partial charge is 0.115 e. The molecule has 2 rings (SSSR count). The molecular formula is C12H8FN. The zero-order valence-corrected chi connectivity index (χ0v) is 7.50. The summed E-state index contributed by atoms with van der Waals surface area (Å²) in [5.74, 6) is 0. The Hall–Kier alpha value is -1.88. The molecule has 0 spiro atoms. The topological polar surface area (TPSA) is 23.8 Å². The molecule has 0 amide bonds. The zero-order chi connectivity index (χ0) is 9.97. The lowest BCUT2D eigenvalue weighted by atomic mass is 10.0. The van der Waals surface area contributed by atoms with Crippen molar-refractivity contribution in [1.82, 2.24) is 0 Å². The van der Waals surface area contributed by atoms with Crippen molar-refractivity contribution in [1.29, 1.82) is 5.26 Å². The molecule has 1 nitrogen and oxygen atoms in total. The van der Waals surface area contributed by atoms with Gasteiger partial charge in [0.05, 0.1) is 11.6 Å². The van der Waals surface area contributed by atoms with Gasteiger partial charge in [-0.25, -0.2) is 4.39 Å². The molecule has 0 heterocycles. The number of hydrogen-bond donors (Lipinski definition) is 0. The van der Waals surface area contributed by atoms with Gasteiger partial charge in [0.2, 0.25) is 0 Å². The average Bonchev–Trinajstić information content (AvgIpc) is 2.27. The molecule has 0 N–H and O–H groups in total. The first kappa shape index (κ1) is 8.71. The predicted octanol–water partition coefficient (Wildman–Crippen LogP) is 3.18. The molecule has 2 aromatic rings. The van der Waals surface area contributed by atoms with Gasteiger partial charge in [0.15, 0.2) is 0 Å². The molecule has 14 heavy (non-hydrogen) atoms. The summed E-state index contributed by atoms with van der Waals surface area (Å²) in [4.78, 5) is 0. The fourth-order valence-electron chi connectivity index (χ4n) is 1.58. The summed E-state index contributed by atoms with van der Waals surface area (Å²) >= 11 is 0. The van der Waals surface area contributed by atoms with Gasteiger partial charge < -0.3 is 0 Å². The normalized spacial score (nSPS) is 10.0. The van der Waals surface area contributed by atoms with Gasteiger partial charge in [-0.15, -0.1) is 0 Å². The number of nitriles is 1. The van der Waals surface area contributed by atoms with Crippen LogP contribution in [0.3, 0.4) is 0 Å². The molecular weight excluding hydrogens is 177 g/mol. The van der Waals surface area contributed by atoms with E-state index in [-0.39, 0.29) is 0 Å². The Balaban J connectivity index is 2.87. The Morgan fingerprint density at radius 1 is 1.07 bits per heavy atom. The number of hydrogen-bond acceptors (Lipinski definition) is 1. The second-order valence-corrected chi connectivity index (χ2v) is 3.06. The quantitative estimate of drug-likeness (QED) is 0.669. The Morgan fingerprint density at radius 3 is 2.43 bits per heavy atom. The number of benzene rings is 2. The predicted molar refractivity (Wildman–Crippen MR) is 53.5 cm³/mol. The molecule has 0 atom stereocenters. The maximum absolute atomic E-state index is 12.6. The lowest BCUT2D eigenvalue weighted by Gasteiger charge is -2.03. The minimum atomic E-state index is -0.494. The maximum Gasteiger partial charge on any atom is 0.115 e. The van der Waals surface area contributed by atoms with Crippen molar-refractivity contribution < 1.29 is 4.39 Å². The summed E-state index contributed by atoms with van der Waals surface area (Å²) in [6.07, 6.45) is 0. The molecule has 0 fully saturated rings. The van der Waals surface area contributed by atoms with Gasteiger partial charge in [0.25, 0.3) is 0 Å². The van der Waals surface area contributed by atoms with Crippen molar-refractivity contribution in [3.05, 3.63) is 47.5 Å². The van der Waals surface area contributed by atoms with Crippen LogP contribution >= 0.6 is 0 Å². The summed E-state index contributed by atoms with van der Waals surface area (Å²) in [7, 11) is 0. The van der Waals surface area contributed by atoms with Crippen molar-refractivity contribution in [3.63, 3.8) is 0 Å². The van der Waals surface area contributed by atoms with Crippen LogP contribution in [0.25, 0.3) is 10.8 Å². The van der Waals surface area contributed by atoms with Gasteiger partial charge in [-0.05, 0) is 22.4 Å². The molecule has 0 aliphatic carbocycles. The van der Waals surface area contributed by atoms with Crippen LogP contribution in [0.1, 0.15) is 11.1 Å². The lowest BCUT2D eigenvalue weighted by molar-refractivity contribution is 0.488. The van der Waals surface area contributed by atoms with Crippen molar-refractivity contribution in [2.75, 3.05) is 0 Å².